The van der Waals surface area contributed by atoms with Gasteiger partial charge in [-0.05, 0) is 32.9 Å². The highest BCUT2D eigenvalue weighted by atomic mass is 32.2. The Morgan fingerprint density at radius 1 is 1.03 bits per heavy atom. The molecule has 2 aromatic rings. The maximum absolute atomic E-state index is 13.1. The summed E-state index contributed by atoms with van der Waals surface area (Å²) in [6.07, 6.45) is 0. The number of hydrogen-bond acceptors (Lipinski definition) is 9. The van der Waals surface area contributed by atoms with Crippen molar-refractivity contribution >= 4 is 32.8 Å². The second kappa shape index (κ2) is 7.97. The number of esters is 2. The smallest absolute Gasteiger partial charge is 0.493 e. The largest absolute Gasteiger partial charge is 0.534 e. The number of cyclic esters (lactones) is 1. The van der Waals surface area contributed by atoms with Gasteiger partial charge in [-0.15, -0.1) is 0 Å². The number of carbonyl (C=O) groups excluding carboxylic acids is 2. The number of halogens is 3. The molecule has 9 nitrogen and oxygen atoms in total. The van der Waals surface area contributed by atoms with Gasteiger partial charge in [0.2, 0.25) is 0 Å². The fraction of sp³-hybridized carbons (Fsp3) is 0.400. The molecule has 0 radical (unpaired) electrons. The second-order valence-corrected chi connectivity index (χ2v) is 9.41. The maximum atomic E-state index is 13.1. The maximum Gasteiger partial charge on any atom is 0.534 e. The van der Waals surface area contributed by atoms with Gasteiger partial charge in [-0.3, -0.25) is 0 Å². The highest BCUT2D eigenvalue weighted by molar-refractivity contribution is 7.88. The van der Waals surface area contributed by atoms with Crippen molar-refractivity contribution in [1.29, 1.82) is 0 Å². The molecule has 3 rings (SSSR count). The fourth-order valence-corrected chi connectivity index (χ4v) is 3.70. The summed E-state index contributed by atoms with van der Waals surface area (Å²) in [7, 11) is -3.67. The van der Waals surface area contributed by atoms with Crippen LogP contribution in [0.4, 0.5) is 13.2 Å². The number of alkyl halides is 3. The molecular weight excluding hydrogens is 473 g/mol. The van der Waals surface area contributed by atoms with Crippen LogP contribution in [0.25, 0.3) is 10.8 Å². The first-order chi connectivity index (χ1) is 15.1. The van der Waals surface area contributed by atoms with Gasteiger partial charge in [-0.1, -0.05) is 0 Å². The van der Waals surface area contributed by atoms with E-state index in [0.29, 0.717) is 0 Å². The van der Waals surface area contributed by atoms with Crippen LogP contribution in [0.3, 0.4) is 0 Å². The SMILES string of the molecule is COc1cc2c(OS(=O)(=O)C(F)(F)F)c3c(c(C(=O)OC(C)(C)C)c2cc1OC)COC3=O. The van der Waals surface area contributed by atoms with Crippen molar-refractivity contribution in [2.45, 2.75) is 38.5 Å². The fourth-order valence-electron chi connectivity index (χ4n) is 3.21. The van der Waals surface area contributed by atoms with Gasteiger partial charge in [0.05, 0.1) is 19.8 Å². The van der Waals surface area contributed by atoms with Crippen molar-refractivity contribution in [3.63, 3.8) is 0 Å². The lowest BCUT2D eigenvalue weighted by atomic mass is 9.93. The second-order valence-electron chi connectivity index (χ2n) is 7.87. The average Bonchev–Trinajstić information content (AvgIpc) is 3.05. The molecule has 0 bridgehead atoms. The van der Waals surface area contributed by atoms with Crippen LogP contribution in [-0.2, 0) is 26.2 Å². The van der Waals surface area contributed by atoms with Gasteiger partial charge in [0.15, 0.2) is 17.2 Å². The standard InChI is InChI=1S/C20H19F3O9S/c1-19(2,3)31-18(25)14-9-6-12(28-4)13(29-5)7-10(9)16(15-11(14)8-30-17(15)24)32-33(26,27)20(21,22)23/h6-7H,8H2,1-5H3. The molecule has 2 aromatic carbocycles. The number of methoxy groups -OCH3 is 2. The van der Waals surface area contributed by atoms with Crippen molar-refractivity contribution in [1.82, 2.24) is 0 Å². The molecule has 13 heteroatoms. The van der Waals surface area contributed by atoms with E-state index >= 15 is 0 Å². The zero-order valence-electron chi connectivity index (χ0n) is 18.1. The third kappa shape index (κ3) is 4.36. The van der Waals surface area contributed by atoms with Crippen molar-refractivity contribution in [3.05, 3.63) is 28.8 Å². The number of benzene rings is 2. The minimum atomic E-state index is -6.18. The Labute approximate surface area is 186 Å². The monoisotopic (exact) mass is 492 g/mol. The first kappa shape index (κ1) is 24.4. The molecule has 1 aliphatic rings. The van der Waals surface area contributed by atoms with Crippen LogP contribution in [0.1, 0.15) is 47.1 Å². The van der Waals surface area contributed by atoms with Crippen molar-refractivity contribution < 1.29 is 54.3 Å². The van der Waals surface area contributed by atoms with Crippen LogP contribution >= 0.6 is 0 Å². The first-order valence-electron chi connectivity index (χ1n) is 9.27. The third-order valence-electron chi connectivity index (χ3n) is 4.50. The summed E-state index contributed by atoms with van der Waals surface area (Å²) >= 11 is 0. The molecule has 0 saturated carbocycles. The predicted octanol–water partition coefficient (Wildman–Crippen LogP) is 3.71. The molecule has 0 atom stereocenters. The van der Waals surface area contributed by atoms with E-state index in [4.69, 9.17) is 18.9 Å². The normalized spacial score (nSPS) is 14.0. The minimum absolute atomic E-state index is 0.0271. The zero-order valence-corrected chi connectivity index (χ0v) is 18.9. The van der Waals surface area contributed by atoms with Crippen molar-refractivity contribution in [2.24, 2.45) is 0 Å². The summed E-state index contributed by atoms with van der Waals surface area (Å²) in [4.78, 5) is 25.5. The van der Waals surface area contributed by atoms with E-state index in [1.165, 1.54) is 20.3 Å². The van der Waals surface area contributed by atoms with E-state index in [1.807, 2.05) is 0 Å². The Morgan fingerprint density at radius 2 is 1.58 bits per heavy atom. The highest BCUT2D eigenvalue weighted by Crippen LogP contribution is 2.46. The van der Waals surface area contributed by atoms with Crippen LogP contribution in [-0.4, -0.2) is 45.7 Å². The van der Waals surface area contributed by atoms with Crippen molar-refractivity contribution in [3.8, 4) is 17.2 Å². The first-order valence-corrected chi connectivity index (χ1v) is 10.7. The van der Waals surface area contributed by atoms with Crippen molar-refractivity contribution in [2.75, 3.05) is 14.2 Å². The predicted molar refractivity (Wildman–Crippen MR) is 107 cm³/mol. The van der Waals surface area contributed by atoms with Gasteiger partial charge in [-0.25, -0.2) is 9.59 Å². The highest BCUT2D eigenvalue weighted by Gasteiger charge is 2.50. The third-order valence-corrected chi connectivity index (χ3v) is 5.45. The molecule has 0 aromatic heterocycles. The lowest BCUT2D eigenvalue weighted by Crippen LogP contribution is -2.29. The molecule has 33 heavy (non-hydrogen) atoms. The molecule has 1 aliphatic heterocycles. The summed E-state index contributed by atoms with van der Waals surface area (Å²) in [5.41, 5.74) is -7.77. The molecule has 0 amide bonds. The van der Waals surface area contributed by atoms with Gasteiger partial charge in [-0.2, -0.15) is 21.6 Å². The molecular formula is C20H19F3O9S. The number of carbonyl (C=O) groups is 2. The lowest BCUT2D eigenvalue weighted by Gasteiger charge is -2.22. The lowest BCUT2D eigenvalue weighted by molar-refractivity contribution is -0.0500. The quantitative estimate of drug-likeness (QED) is 0.350. The molecule has 0 N–H and O–H groups in total. The Hall–Kier alpha value is -3.22. The van der Waals surface area contributed by atoms with Crippen LogP contribution in [0, 0.1) is 0 Å². The van der Waals surface area contributed by atoms with Gasteiger partial charge >= 0.3 is 27.6 Å². The molecule has 0 unspecified atom stereocenters. The Bertz CT molecular complexity index is 1260. The Morgan fingerprint density at radius 3 is 2.06 bits per heavy atom. The van der Waals surface area contributed by atoms with Crippen LogP contribution in [0.2, 0.25) is 0 Å². The zero-order chi connectivity index (χ0) is 24.9. The molecule has 0 aliphatic carbocycles. The Kier molecular flexibility index (Phi) is 5.90. The minimum Gasteiger partial charge on any atom is -0.493 e. The van der Waals surface area contributed by atoms with Crippen LogP contribution in [0.15, 0.2) is 12.1 Å². The van der Waals surface area contributed by atoms with E-state index in [-0.39, 0.29) is 33.4 Å². The van der Waals surface area contributed by atoms with E-state index < -0.39 is 51.1 Å². The van der Waals surface area contributed by atoms with Gasteiger partial charge in [0.1, 0.15) is 17.8 Å². The molecule has 180 valence electrons. The summed E-state index contributed by atoms with van der Waals surface area (Å²) in [5.74, 6) is -2.99. The summed E-state index contributed by atoms with van der Waals surface area (Å²) in [5, 5.41) is -0.426. The summed E-state index contributed by atoms with van der Waals surface area (Å²) < 4.78 is 87.9. The van der Waals surface area contributed by atoms with E-state index in [1.54, 1.807) is 20.8 Å². The van der Waals surface area contributed by atoms with Crippen LogP contribution in [0.5, 0.6) is 17.2 Å². The topological polar surface area (TPSA) is 114 Å². The number of rotatable bonds is 5. The molecule has 0 saturated heterocycles. The number of ether oxygens (including phenoxy) is 4. The van der Waals surface area contributed by atoms with Crippen LogP contribution < -0.4 is 13.7 Å². The summed E-state index contributed by atoms with van der Waals surface area (Å²) in [6, 6.07) is 2.33. The van der Waals surface area contributed by atoms with Gasteiger partial charge in [0, 0.05) is 16.3 Å². The molecule has 0 fully saturated rings. The molecule has 0 spiro atoms. The van der Waals surface area contributed by atoms with Gasteiger partial charge < -0.3 is 23.1 Å². The van der Waals surface area contributed by atoms with E-state index in [2.05, 4.69) is 4.18 Å². The van der Waals surface area contributed by atoms with E-state index in [9.17, 15) is 31.2 Å². The summed E-state index contributed by atoms with van der Waals surface area (Å²) in [6.45, 7) is 4.25. The number of hydrogen-bond donors (Lipinski definition) is 0. The van der Waals surface area contributed by atoms with E-state index in [0.717, 1.165) is 6.07 Å². The Balaban J connectivity index is 2.47. The average molecular weight is 492 g/mol. The molecule has 1 heterocycles. The number of fused-ring (bicyclic) bond motifs is 2. The van der Waals surface area contributed by atoms with Gasteiger partial charge in [0.25, 0.3) is 0 Å².